The Labute approximate surface area is 181 Å². The van der Waals surface area contributed by atoms with Gasteiger partial charge in [-0.15, -0.1) is 0 Å². The first kappa shape index (κ1) is 21.5. The maximum Gasteiger partial charge on any atom is 0.251 e. The largest absolute Gasteiger partial charge is 0.377 e. The number of benzene rings is 2. The van der Waals surface area contributed by atoms with Crippen molar-refractivity contribution >= 4 is 21.7 Å². The molecule has 9 heteroatoms. The predicted molar refractivity (Wildman–Crippen MR) is 112 cm³/mol. The van der Waals surface area contributed by atoms with Crippen molar-refractivity contribution in [2.45, 2.75) is 16.2 Å². The third-order valence-corrected chi connectivity index (χ3v) is 7.22. The molecule has 2 amide bonds. The summed E-state index contributed by atoms with van der Waals surface area (Å²) in [7, 11) is -3.61. The Morgan fingerprint density at radius 1 is 1.06 bits per heavy atom. The second-order valence-electron chi connectivity index (χ2n) is 7.77. The Morgan fingerprint density at radius 2 is 1.84 bits per heavy atom. The number of nitrogens with one attached hydrogen (secondary N) is 1. The van der Waals surface area contributed by atoms with Gasteiger partial charge in [0.05, 0.1) is 30.5 Å². The maximum atomic E-state index is 12.8. The van der Waals surface area contributed by atoms with Crippen molar-refractivity contribution in [2.24, 2.45) is 0 Å². The molecular weight excluding hydrogens is 420 g/mol. The SMILES string of the molecule is O=C(NCC12COCCN1C(=O)COC2)c1cccc(S(=O)(=O)Cc2ccccc2)c1. The van der Waals surface area contributed by atoms with Crippen LogP contribution < -0.4 is 5.32 Å². The van der Waals surface area contributed by atoms with Gasteiger partial charge in [-0.25, -0.2) is 8.42 Å². The number of morpholine rings is 2. The van der Waals surface area contributed by atoms with E-state index in [9.17, 15) is 18.0 Å². The summed E-state index contributed by atoms with van der Waals surface area (Å²) < 4.78 is 36.5. The molecule has 1 N–H and O–H groups in total. The van der Waals surface area contributed by atoms with Crippen molar-refractivity contribution in [3.05, 3.63) is 65.7 Å². The molecule has 31 heavy (non-hydrogen) atoms. The fourth-order valence-electron chi connectivity index (χ4n) is 3.90. The molecule has 2 aliphatic rings. The summed E-state index contributed by atoms with van der Waals surface area (Å²) in [6.45, 7) is 1.61. The molecule has 2 heterocycles. The molecule has 0 aromatic heterocycles. The number of hydrogen-bond acceptors (Lipinski definition) is 6. The molecule has 0 bridgehead atoms. The Bertz CT molecular complexity index is 1070. The smallest absolute Gasteiger partial charge is 0.251 e. The van der Waals surface area contributed by atoms with Crippen molar-refractivity contribution in [2.75, 3.05) is 39.5 Å². The molecule has 8 nitrogen and oxygen atoms in total. The van der Waals surface area contributed by atoms with Gasteiger partial charge in [0, 0.05) is 18.7 Å². The number of rotatable bonds is 6. The van der Waals surface area contributed by atoms with E-state index < -0.39 is 21.3 Å². The molecule has 164 valence electrons. The fourth-order valence-corrected chi connectivity index (χ4v) is 5.29. The molecule has 0 radical (unpaired) electrons. The summed E-state index contributed by atoms with van der Waals surface area (Å²) in [6, 6.07) is 14.9. The standard InChI is InChI=1S/C22H24N2O6S/c25-20-12-30-16-22(15-29-10-9-24(20)22)14-23-21(26)18-7-4-8-19(11-18)31(27,28)13-17-5-2-1-3-6-17/h1-8,11H,9-10,12-16H2,(H,23,26). The highest BCUT2D eigenvalue weighted by Crippen LogP contribution is 2.24. The van der Waals surface area contributed by atoms with Crippen molar-refractivity contribution in [1.82, 2.24) is 10.2 Å². The highest BCUT2D eigenvalue weighted by molar-refractivity contribution is 7.90. The molecule has 4 rings (SSSR count). The van der Waals surface area contributed by atoms with E-state index in [0.717, 1.165) is 0 Å². The summed E-state index contributed by atoms with van der Waals surface area (Å²) in [5, 5.41) is 2.82. The van der Waals surface area contributed by atoms with Crippen molar-refractivity contribution < 1.29 is 27.5 Å². The Kier molecular flexibility index (Phi) is 6.08. The molecule has 2 aliphatic heterocycles. The highest BCUT2D eigenvalue weighted by Gasteiger charge is 2.45. The third-order valence-electron chi connectivity index (χ3n) is 5.53. The van der Waals surface area contributed by atoms with E-state index >= 15 is 0 Å². The number of fused-ring (bicyclic) bond motifs is 1. The zero-order chi connectivity index (χ0) is 21.9. The lowest BCUT2D eigenvalue weighted by Crippen LogP contribution is -2.69. The molecule has 1 unspecified atom stereocenters. The molecule has 2 saturated heterocycles. The molecule has 0 saturated carbocycles. The van der Waals surface area contributed by atoms with Gasteiger partial charge in [-0.2, -0.15) is 0 Å². The zero-order valence-corrected chi connectivity index (χ0v) is 17.8. The van der Waals surface area contributed by atoms with Gasteiger partial charge < -0.3 is 19.7 Å². The lowest BCUT2D eigenvalue weighted by molar-refractivity contribution is -0.176. The van der Waals surface area contributed by atoms with Crippen LogP contribution in [0.15, 0.2) is 59.5 Å². The predicted octanol–water partition coefficient (Wildman–Crippen LogP) is 1.02. The van der Waals surface area contributed by atoms with E-state index in [0.29, 0.717) is 18.7 Å². The van der Waals surface area contributed by atoms with Gasteiger partial charge in [0.2, 0.25) is 5.91 Å². The molecule has 0 spiro atoms. The van der Waals surface area contributed by atoms with Gasteiger partial charge in [0.25, 0.3) is 5.91 Å². The first-order valence-electron chi connectivity index (χ1n) is 10.0. The molecule has 1 atom stereocenters. The Balaban J connectivity index is 1.48. The van der Waals surface area contributed by atoms with E-state index in [4.69, 9.17) is 9.47 Å². The average Bonchev–Trinajstić information content (AvgIpc) is 2.78. The van der Waals surface area contributed by atoms with Crippen LogP contribution in [0.4, 0.5) is 0 Å². The van der Waals surface area contributed by atoms with Gasteiger partial charge in [0.1, 0.15) is 12.1 Å². The summed E-state index contributed by atoms with van der Waals surface area (Å²) >= 11 is 0. The van der Waals surface area contributed by atoms with E-state index in [2.05, 4.69) is 5.32 Å². The maximum absolute atomic E-state index is 12.8. The van der Waals surface area contributed by atoms with Crippen LogP contribution in [0.3, 0.4) is 0 Å². The topological polar surface area (TPSA) is 102 Å². The zero-order valence-electron chi connectivity index (χ0n) is 17.0. The Morgan fingerprint density at radius 3 is 2.65 bits per heavy atom. The summed E-state index contributed by atoms with van der Waals surface area (Å²) in [5.41, 5.74) is 0.160. The second-order valence-corrected chi connectivity index (χ2v) is 9.76. The summed E-state index contributed by atoms with van der Waals surface area (Å²) in [5.74, 6) is -0.694. The number of carbonyl (C=O) groups is 2. The van der Waals surface area contributed by atoms with Gasteiger partial charge in [0.15, 0.2) is 9.84 Å². The lowest BCUT2D eigenvalue weighted by atomic mass is 9.95. The molecular formula is C22H24N2O6S. The highest BCUT2D eigenvalue weighted by atomic mass is 32.2. The molecule has 2 aromatic carbocycles. The van der Waals surface area contributed by atoms with Gasteiger partial charge >= 0.3 is 0 Å². The van der Waals surface area contributed by atoms with Crippen LogP contribution in [0.5, 0.6) is 0 Å². The summed E-state index contributed by atoms with van der Waals surface area (Å²) in [6.07, 6.45) is 0. The van der Waals surface area contributed by atoms with Crippen molar-refractivity contribution in [3.8, 4) is 0 Å². The van der Waals surface area contributed by atoms with E-state index in [1.54, 1.807) is 41.3 Å². The first-order valence-corrected chi connectivity index (χ1v) is 11.7. The van der Waals surface area contributed by atoms with Crippen LogP contribution in [-0.2, 0) is 29.9 Å². The monoisotopic (exact) mass is 444 g/mol. The normalized spacial score (nSPS) is 21.4. The lowest BCUT2D eigenvalue weighted by Gasteiger charge is -2.49. The van der Waals surface area contributed by atoms with Crippen LogP contribution in [-0.4, -0.2) is 70.2 Å². The van der Waals surface area contributed by atoms with E-state index in [-0.39, 0.29) is 48.5 Å². The molecule has 0 aliphatic carbocycles. The number of nitrogens with zero attached hydrogens (tertiary/aromatic N) is 1. The minimum Gasteiger partial charge on any atom is -0.377 e. The van der Waals surface area contributed by atoms with Crippen molar-refractivity contribution in [1.29, 1.82) is 0 Å². The number of amides is 2. The van der Waals surface area contributed by atoms with Crippen LogP contribution in [0.2, 0.25) is 0 Å². The van der Waals surface area contributed by atoms with Gasteiger partial charge in [-0.05, 0) is 23.8 Å². The fraction of sp³-hybridized carbons (Fsp3) is 0.364. The first-order chi connectivity index (χ1) is 14.9. The third kappa shape index (κ3) is 4.63. The number of carbonyl (C=O) groups excluding carboxylic acids is 2. The van der Waals surface area contributed by atoms with E-state index in [1.807, 2.05) is 6.07 Å². The number of ether oxygens (including phenoxy) is 2. The Hall–Kier alpha value is -2.75. The second kappa shape index (κ2) is 8.78. The van der Waals surface area contributed by atoms with Crippen LogP contribution >= 0.6 is 0 Å². The van der Waals surface area contributed by atoms with Crippen LogP contribution in [0.1, 0.15) is 15.9 Å². The number of hydrogen-bond donors (Lipinski definition) is 1. The van der Waals surface area contributed by atoms with Crippen LogP contribution in [0.25, 0.3) is 0 Å². The number of sulfone groups is 1. The van der Waals surface area contributed by atoms with Gasteiger partial charge in [-0.3, -0.25) is 9.59 Å². The van der Waals surface area contributed by atoms with Gasteiger partial charge in [-0.1, -0.05) is 36.4 Å². The minimum atomic E-state index is -3.61. The van der Waals surface area contributed by atoms with E-state index in [1.165, 1.54) is 12.1 Å². The summed E-state index contributed by atoms with van der Waals surface area (Å²) in [4.78, 5) is 26.8. The quantitative estimate of drug-likeness (QED) is 0.714. The molecule has 2 aromatic rings. The van der Waals surface area contributed by atoms with Crippen LogP contribution in [0, 0.1) is 0 Å². The molecule has 2 fully saturated rings. The minimum absolute atomic E-state index is 0.0248. The average molecular weight is 445 g/mol. The van der Waals surface area contributed by atoms with Crippen molar-refractivity contribution in [3.63, 3.8) is 0 Å².